The fourth-order valence-electron chi connectivity index (χ4n) is 1.95. The molecule has 6 nitrogen and oxygen atoms in total. The van der Waals surface area contributed by atoms with E-state index in [1.165, 1.54) is 11.4 Å². The standard InChI is InChI=1S/C17H20N2O4S/c1-13(17(20)18-14-7-5-4-6-8-14)23-16-11-9-15(10-12-16)19(2)24(3,21)22/h4-13H,1-3H3,(H,18,20)/t13-/m1/s1. The van der Waals surface area contributed by atoms with Crippen LogP contribution in [0.3, 0.4) is 0 Å². The minimum Gasteiger partial charge on any atom is -0.481 e. The van der Waals surface area contributed by atoms with Gasteiger partial charge < -0.3 is 10.1 Å². The molecule has 0 saturated carbocycles. The number of carbonyl (C=O) groups excluding carboxylic acids is 1. The van der Waals surface area contributed by atoms with Crippen LogP contribution in [0.25, 0.3) is 0 Å². The summed E-state index contributed by atoms with van der Waals surface area (Å²) in [5.74, 6) is 0.217. The van der Waals surface area contributed by atoms with Crippen LogP contribution in [0.2, 0.25) is 0 Å². The Morgan fingerprint density at radius 3 is 2.21 bits per heavy atom. The molecule has 2 rings (SSSR count). The highest BCUT2D eigenvalue weighted by Crippen LogP contribution is 2.21. The number of para-hydroxylation sites is 1. The molecule has 2 aromatic rings. The summed E-state index contributed by atoms with van der Waals surface area (Å²) in [6.45, 7) is 1.65. The average Bonchev–Trinajstić information content (AvgIpc) is 2.55. The van der Waals surface area contributed by atoms with Crippen molar-refractivity contribution in [3.05, 3.63) is 54.6 Å². The van der Waals surface area contributed by atoms with Crippen molar-refractivity contribution in [3.8, 4) is 5.75 Å². The normalized spacial score (nSPS) is 12.3. The van der Waals surface area contributed by atoms with Gasteiger partial charge in [0.05, 0.1) is 11.9 Å². The molecule has 2 aromatic carbocycles. The Balaban J connectivity index is 1.99. The Bertz CT molecular complexity index is 789. The molecular formula is C17H20N2O4S. The maximum absolute atomic E-state index is 12.1. The van der Waals surface area contributed by atoms with E-state index in [4.69, 9.17) is 4.74 Å². The molecule has 0 heterocycles. The monoisotopic (exact) mass is 348 g/mol. The smallest absolute Gasteiger partial charge is 0.265 e. The first-order valence-corrected chi connectivity index (χ1v) is 9.19. The van der Waals surface area contributed by atoms with Gasteiger partial charge in [-0.2, -0.15) is 0 Å². The SMILES string of the molecule is C[C@@H](Oc1ccc(N(C)S(C)(=O)=O)cc1)C(=O)Nc1ccccc1. The Kier molecular flexibility index (Phi) is 5.46. The van der Waals surface area contributed by atoms with E-state index in [0.29, 0.717) is 17.1 Å². The van der Waals surface area contributed by atoms with Gasteiger partial charge in [-0.3, -0.25) is 9.10 Å². The van der Waals surface area contributed by atoms with Crippen LogP contribution >= 0.6 is 0 Å². The van der Waals surface area contributed by atoms with Crippen molar-refractivity contribution in [1.29, 1.82) is 0 Å². The molecule has 0 aliphatic heterocycles. The second kappa shape index (κ2) is 7.35. The number of amides is 1. The number of hydrogen-bond acceptors (Lipinski definition) is 4. The van der Waals surface area contributed by atoms with Crippen LogP contribution in [0, 0.1) is 0 Å². The summed E-state index contributed by atoms with van der Waals surface area (Å²) in [6.07, 6.45) is 0.441. The van der Waals surface area contributed by atoms with E-state index < -0.39 is 16.1 Å². The summed E-state index contributed by atoms with van der Waals surface area (Å²) in [5, 5.41) is 2.76. The van der Waals surface area contributed by atoms with Gasteiger partial charge in [-0.15, -0.1) is 0 Å². The van der Waals surface area contributed by atoms with Gasteiger partial charge in [0.1, 0.15) is 5.75 Å². The van der Waals surface area contributed by atoms with Crippen LogP contribution < -0.4 is 14.4 Å². The van der Waals surface area contributed by atoms with Gasteiger partial charge in [-0.25, -0.2) is 8.42 Å². The van der Waals surface area contributed by atoms with Crippen molar-refractivity contribution in [1.82, 2.24) is 0 Å². The highest BCUT2D eigenvalue weighted by molar-refractivity contribution is 7.92. The van der Waals surface area contributed by atoms with Gasteiger partial charge in [0.15, 0.2) is 6.10 Å². The topological polar surface area (TPSA) is 75.7 Å². The maximum atomic E-state index is 12.1. The van der Waals surface area contributed by atoms with Crippen molar-refractivity contribution in [2.75, 3.05) is 22.9 Å². The average molecular weight is 348 g/mol. The molecule has 0 radical (unpaired) electrons. The first kappa shape index (κ1) is 17.8. The highest BCUT2D eigenvalue weighted by atomic mass is 32.2. The third-order valence-corrected chi connectivity index (χ3v) is 4.63. The number of carbonyl (C=O) groups is 1. The summed E-state index contributed by atoms with van der Waals surface area (Å²) in [4.78, 5) is 12.1. The number of benzene rings is 2. The second-order valence-electron chi connectivity index (χ2n) is 5.34. The maximum Gasteiger partial charge on any atom is 0.265 e. The van der Waals surface area contributed by atoms with Crippen molar-refractivity contribution < 1.29 is 17.9 Å². The van der Waals surface area contributed by atoms with E-state index in [2.05, 4.69) is 5.32 Å². The van der Waals surface area contributed by atoms with Gasteiger partial charge in [0.2, 0.25) is 10.0 Å². The summed E-state index contributed by atoms with van der Waals surface area (Å²) in [6, 6.07) is 15.6. The Morgan fingerprint density at radius 1 is 1.08 bits per heavy atom. The van der Waals surface area contributed by atoms with E-state index >= 15 is 0 Å². The molecule has 1 amide bonds. The lowest BCUT2D eigenvalue weighted by Gasteiger charge is -2.18. The van der Waals surface area contributed by atoms with Crippen molar-refractivity contribution >= 4 is 27.3 Å². The van der Waals surface area contributed by atoms with E-state index in [1.807, 2.05) is 18.2 Å². The molecule has 1 N–H and O–H groups in total. The van der Waals surface area contributed by atoms with E-state index in [9.17, 15) is 13.2 Å². The number of sulfonamides is 1. The zero-order valence-corrected chi connectivity index (χ0v) is 14.6. The summed E-state index contributed by atoms with van der Waals surface area (Å²) in [5.41, 5.74) is 1.22. The van der Waals surface area contributed by atoms with E-state index in [-0.39, 0.29) is 5.91 Å². The van der Waals surface area contributed by atoms with Crippen LogP contribution in [0.15, 0.2) is 54.6 Å². The lowest BCUT2D eigenvalue weighted by atomic mass is 10.3. The fourth-order valence-corrected chi connectivity index (χ4v) is 2.45. The summed E-state index contributed by atoms with van der Waals surface area (Å²) < 4.78 is 29.8. The molecule has 0 unspecified atom stereocenters. The molecule has 0 aromatic heterocycles. The molecule has 0 aliphatic rings. The number of hydrogen-bond donors (Lipinski definition) is 1. The third-order valence-electron chi connectivity index (χ3n) is 3.42. The van der Waals surface area contributed by atoms with E-state index in [0.717, 1.165) is 6.26 Å². The first-order valence-electron chi connectivity index (χ1n) is 7.34. The molecule has 7 heteroatoms. The summed E-state index contributed by atoms with van der Waals surface area (Å²) in [7, 11) is -1.84. The van der Waals surface area contributed by atoms with Crippen LogP contribution in [-0.4, -0.2) is 33.7 Å². The van der Waals surface area contributed by atoms with Crippen LogP contribution in [0.1, 0.15) is 6.92 Å². The Hall–Kier alpha value is -2.54. The Labute approximate surface area is 142 Å². The van der Waals surface area contributed by atoms with Crippen molar-refractivity contribution in [2.45, 2.75) is 13.0 Å². The lowest BCUT2D eigenvalue weighted by Crippen LogP contribution is -2.30. The molecule has 0 fully saturated rings. The quantitative estimate of drug-likeness (QED) is 0.870. The molecule has 24 heavy (non-hydrogen) atoms. The first-order chi connectivity index (χ1) is 11.3. The van der Waals surface area contributed by atoms with Crippen molar-refractivity contribution in [2.24, 2.45) is 0 Å². The second-order valence-corrected chi connectivity index (χ2v) is 7.35. The van der Waals surface area contributed by atoms with E-state index in [1.54, 1.807) is 43.3 Å². The minimum absolute atomic E-state index is 0.265. The predicted molar refractivity (Wildman–Crippen MR) is 94.9 cm³/mol. The number of rotatable bonds is 6. The summed E-state index contributed by atoms with van der Waals surface area (Å²) >= 11 is 0. The van der Waals surface area contributed by atoms with Crippen molar-refractivity contribution in [3.63, 3.8) is 0 Å². The lowest BCUT2D eigenvalue weighted by molar-refractivity contribution is -0.122. The third kappa shape index (κ3) is 4.73. The molecule has 128 valence electrons. The fraction of sp³-hybridized carbons (Fsp3) is 0.235. The molecular weight excluding hydrogens is 328 g/mol. The highest BCUT2D eigenvalue weighted by Gasteiger charge is 2.16. The largest absolute Gasteiger partial charge is 0.481 e. The van der Waals surface area contributed by atoms with Crippen LogP contribution in [0.4, 0.5) is 11.4 Å². The number of anilines is 2. The molecule has 1 atom stereocenters. The molecule has 0 spiro atoms. The van der Waals surface area contributed by atoms with Crippen LogP contribution in [-0.2, 0) is 14.8 Å². The van der Waals surface area contributed by atoms with Gasteiger partial charge in [0.25, 0.3) is 5.91 Å². The van der Waals surface area contributed by atoms with Gasteiger partial charge in [0, 0.05) is 12.7 Å². The predicted octanol–water partition coefficient (Wildman–Crippen LogP) is 2.49. The number of nitrogens with zero attached hydrogens (tertiary/aromatic N) is 1. The molecule has 0 aliphatic carbocycles. The van der Waals surface area contributed by atoms with Crippen LogP contribution in [0.5, 0.6) is 5.75 Å². The zero-order valence-electron chi connectivity index (χ0n) is 13.8. The zero-order chi connectivity index (χ0) is 17.7. The number of nitrogens with one attached hydrogen (secondary N) is 1. The van der Waals surface area contributed by atoms with Gasteiger partial charge in [-0.1, -0.05) is 18.2 Å². The minimum atomic E-state index is -3.31. The molecule has 0 saturated heterocycles. The molecule has 0 bridgehead atoms. The van der Waals surface area contributed by atoms with Gasteiger partial charge >= 0.3 is 0 Å². The van der Waals surface area contributed by atoms with Gasteiger partial charge in [-0.05, 0) is 43.3 Å². The number of ether oxygens (including phenoxy) is 1. The Morgan fingerprint density at radius 2 is 1.67 bits per heavy atom.